The molecule has 1 atom stereocenters. The van der Waals surface area contributed by atoms with E-state index in [-0.39, 0.29) is 11.6 Å². The SMILES string of the molecule is CCCC(N)C(=O)Nc1ccc(-n2ncn(C)c2=O)cc1. The van der Waals surface area contributed by atoms with Crippen LogP contribution in [-0.2, 0) is 11.8 Å². The molecule has 0 aliphatic carbocycles. The number of nitrogens with zero attached hydrogens (tertiary/aromatic N) is 3. The molecule has 1 amide bonds. The summed E-state index contributed by atoms with van der Waals surface area (Å²) in [5.74, 6) is -0.209. The number of carbonyl (C=O) groups is 1. The van der Waals surface area contributed by atoms with E-state index in [1.807, 2.05) is 6.92 Å². The van der Waals surface area contributed by atoms with Crippen molar-refractivity contribution < 1.29 is 4.79 Å². The van der Waals surface area contributed by atoms with Crippen molar-refractivity contribution >= 4 is 11.6 Å². The van der Waals surface area contributed by atoms with Crippen LogP contribution in [-0.4, -0.2) is 26.3 Å². The second kappa shape index (κ2) is 6.36. The van der Waals surface area contributed by atoms with Crippen LogP contribution in [0.1, 0.15) is 19.8 Å². The van der Waals surface area contributed by atoms with Crippen LogP contribution in [0.2, 0.25) is 0 Å². The van der Waals surface area contributed by atoms with Crippen molar-refractivity contribution in [2.45, 2.75) is 25.8 Å². The third kappa shape index (κ3) is 3.38. The monoisotopic (exact) mass is 289 g/mol. The molecule has 0 aliphatic rings. The van der Waals surface area contributed by atoms with Gasteiger partial charge in [-0.2, -0.15) is 9.78 Å². The third-order valence-corrected chi connectivity index (χ3v) is 3.14. The van der Waals surface area contributed by atoms with Gasteiger partial charge < -0.3 is 11.1 Å². The molecule has 0 radical (unpaired) electrons. The van der Waals surface area contributed by atoms with Gasteiger partial charge >= 0.3 is 5.69 Å². The maximum absolute atomic E-state index is 11.8. The van der Waals surface area contributed by atoms with E-state index in [0.717, 1.165) is 6.42 Å². The number of hydrogen-bond acceptors (Lipinski definition) is 4. The Labute approximate surface area is 122 Å². The number of aromatic nitrogens is 3. The molecule has 1 aromatic heterocycles. The van der Waals surface area contributed by atoms with Crippen molar-refractivity contribution in [3.8, 4) is 5.69 Å². The Morgan fingerprint density at radius 2 is 2.05 bits per heavy atom. The number of rotatable bonds is 5. The van der Waals surface area contributed by atoms with Crippen molar-refractivity contribution in [2.24, 2.45) is 12.8 Å². The normalized spacial score (nSPS) is 12.1. The Morgan fingerprint density at radius 1 is 1.38 bits per heavy atom. The van der Waals surface area contributed by atoms with Gasteiger partial charge in [0.15, 0.2) is 0 Å². The number of nitrogens with one attached hydrogen (secondary N) is 1. The molecule has 1 heterocycles. The molecule has 0 fully saturated rings. The molecular formula is C14H19N5O2. The number of anilines is 1. The van der Waals surface area contributed by atoms with E-state index in [2.05, 4.69) is 10.4 Å². The summed E-state index contributed by atoms with van der Waals surface area (Å²) in [5.41, 5.74) is 6.80. The minimum absolute atomic E-state index is 0.209. The van der Waals surface area contributed by atoms with Crippen molar-refractivity contribution in [1.82, 2.24) is 14.3 Å². The van der Waals surface area contributed by atoms with Crippen LogP contribution >= 0.6 is 0 Å². The minimum Gasteiger partial charge on any atom is -0.325 e. The molecule has 7 heteroatoms. The van der Waals surface area contributed by atoms with E-state index >= 15 is 0 Å². The number of nitrogens with two attached hydrogens (primary N) is 1. The van der Waals surface area contributed by atoms with Crippen molar-refractivity contribution in [2.75, 3.05) is 5.32 Å². The van der Waals surface area contributed by atoms with Crippen LogP contribution < -0.4 is 16.7 Å². The van der Waals surface area contributed by atoms with E-state index in [4.69, 9.17) is 5.73 Å². The molecule has 2 aromatic rings. The lowest BCUT2D eigenvalue weighted by atomic mass is 10.1. The van der Waals surface area contributed by atoms with Crippen LogP contribution in [0, 0.1) is 0 Å². The first kappa shape index (κ1) is 15.0. The maximum Gasteiger partial charge on any atom is 0.350 e. The smallest absolute Gasteiger partial charge is 0.325 e. The standard InChI is InChI=1S/C14H19N5O2/c1-3-4-12(15)13(20)17-10-5-7-11(8-6-10)19-14(21)18(2)9-16-19/h5-9,12H,3-4,15H2,1-2H3,(H,17,20). The first-order chi connectivity index (χ1) is 10.0. The molecule has 0 saturated carbocycles. The molecule has 3 N–H and O–H groups in total. The first-order valence-corrected chi connectivity index (χ1v) is 6.80. The lowest BCUT2D eigenvalue weighted by Crippen LogP contribution is -2.35. The zero-order valence-electron chi connectivity index (χ0n) is 12.1. The summed E-state index contributed by atoms with van der Waals surface area (Å²) in [6, 6.07) is 6.36. The largest absolute Gasteiger partial charge is 0.350 e. The maximum atomic E-state index is 11.8. The van der Waals surface area contributed by atoms with Gasteiger partial charge in [-0.05, 0) is 30.7 Å². The fourth-order valence-corrected chi connectivity index (χ4v) is 1.92. The van der Waals surface area contributed by atoms with Crippen molar-refractivity contribution in [3.05, 3.63) is 41.1 Å². The minimum atomic E-state index is -0.506. The van der Waals surface area contributed by atoms with Crippen LogP contribution in [0.5, 0.6) is 0 Å². The van der Waals surface area contributed by atoms with Gasteiger partial charge in [0.1, 0.15) is 6.33 Å². The predicted molar refractivity (Wildman–Crippen MR) is 80.3 cm³/mol. The highest BCUT2D eigenvalue weighted by Crippen LogP contribution is 2.12. The second-order valence-corrected chi connectivity index (χ2v) is 4.87. The Morgan fingerprint density at radius 3 is 2.57 bits per heavy atom. The van der Waals surface area contributed by atoms with E-state index in [1.165, 1.54) is 15.6 Å². The van der Waals surface area contributed by atoms with Gasteiger partial charge in [-0.1, -0.05) is 13.3 Å². The highest BCUT2D eigenvalue weighted by molar-refractivity contribution is 5.94. The zero-order valence-corrected chi connectivity index (χ0v) is 12.1. The lowest BCUT2D eigenvalue weighted by molar-refractivity contribution is -0.117. The van der Waals surface area contributed by atoms with Crippen LogP contribution in [0.3, 0.4) is 0 Å². The van der Waals surface area contributed by atoms with Gasteiger partial charge in [0, 0.05) is 12.7 Å². The van der Waals surface area contributed by atoms with Crippen LogP contribution in [0.4, 0.5) is 5.69 Å². The molecule has 112 valence electrons. The molecule has 1 aromatic carbocycles. The molecule has 0 spiro atoms. The summed E-state index contributed by atoms with van der Waals surface area (Å²) >= 11 is 0. The molecule has 21 heavy (non-hydrogen) atoms. The molecule has 0 aliphatic heterocycles. The fourth-order valence-electron chi connectivity index (χ4n) is 1.92. The van der Waals surface area contributed by atoms with Gasteiger partial charge in [-0.25, -0.2) is 4.79 Å². The summed E-state index contributed by atoms with van der Waals surface area (Å²) in [4.78, 5) is 23.6. The summed E-state index contributed by atoms with van der Waals surface area (Å²) < 4.78 is 2.67. The predicted octanol–water partition coefficient (Wildman–Crippen LogP) is 0.637. The third-order valence-electron chi connectivity index (χ3n) is 3.14. The van der Waals surface area contributed by atoms with Gasteiger partial charge in [-0.15, -0.1) is 0 Å². The Kier molecular flexibility index (Phi) is 4.54. The Hall–Kier alpha value is -2.41. The quantitative estimate of drug-likeness (QED) is 0.844. The number of carbonyl (C=O) groups excluding carboxylic acids is 1. The molecule has 0 saturated heterocycles. The lowest BCUT2D eigenvalue weighted by Gasteiger charge is -2.11. The highest BCUT2D eigenvalue weighted by Gasteiger charge is 2.12. The highest BCUT2D eigenvalue weighted by atomic mass is 16.2. The summed E-state index contributed by atoms with van der Waals surface area (Å²) in [5, 5.41) is 6.74. The van der Waals surface area contributed by atoms with Crippen LogP contribution in [0.25, 0.3) is 5.69 Å². The van der Waals surface area contributed by atoms with E-state index in [9.17, 15) is 9.59 Å². The van der Waals surface area contributed by atoms with Gasteiger partial charge in [-0.3, -0.25) is 9.36 Å². The first-order valence-electron chi connectivity index (χ1n) is 6.80. The molecule has 7 nitrogen and oxygen atoms in total. The van der Waals surface area contributed by atoms with Gasteiger partial charge in [0.05, 0.1) is 11.7 Å². The molecule has 0 bridgehead atoms. The van der Waals surface area contributed by atoms with Crippen LogP contribution in [0.15, 0.2) is 35.4 Å². The second-order valence-electron chi connectivity index (χ2n) is 4.87. The zero-order chi connectivity index (χ0) is 15.4. The average Bonchev–Trinajstić information content (AvgIpc) is 2.80. The Balaban J connectivity index is 2.11. The number of hydrogen-bond donors (Lipinski definition) is 2. The molecular weight excluding hydrogens is 270 g/mol. The van der Waals surface area contributed by atoms with Gasteiger partial charge in [0.2, 0.25) is 5.91 Å². The number of benzene rings is 1. The van der Waals surface area contributed by atoms with Crippen molar-refractivity contribution in [3.63, 3.8) is 0 Å². The molecule has 2 rings (SSSR count). The topological polar surface area (TPSA) is 94.9 Å². The average molecular weight is 289 g/mol. The summed E-state index contributed by atoms with van der Waals surface area (Å²) in [7, 11) is 1.63. The molecule has 1 unspecified atom stereocenters. The van der Waals surface area contributed by atoms with E-state index in [0.29, 0.717) is 17.8 Å². The van der Waals surface area contributed by atoms with Crippen molar-refractivity contribution in [1.29, 1.82) is 0 Å². The van der Waals surface area contributed by atoms with E-state index in [1.54, 1.807) is 31.3 Å². The number of aryl methyl sites for hydroxylation is 1. The van der Waals surface area contributed by atoms with E-state index < -0.39 is 6.04 Å². The number of amides is 1. The summed E-state index contributed by atoms with van der Waals surface area (Å²) in [6.07, 6.45) is 2.95. The summed E-state index contributed by atoms with van der Waals surface area (Å²) in [6.45, 7) is 1.98. The fraction of sp³-hybridized carbons (Fsp3) is 0.357. The Bertz CT molecular complexity index is 671. The van der Waals surface area contributed by atoms with Gasteiger partial charge in [0.25, 0.3) is 0 Å².